The molecule has 0 saturated heterocycles. The van der Waals surface area contributed by atoms with Gasteiger partial charge in [-0.2, -0.15) is 10.1 Å². The molecular weight excluding hydrogens is 245 g/mol. The monoisotopic (exact) mass is 261 g/mol. The van der Waals surface area contributed by atoms with Crippen LogP contribution in [0.1, 0.15) is 20.3 Å². The van der Waals surface area contributed by atoms with E-state index in [2.05, 4.69) is 39.7 Å². The highest BCUT2D eigenvalue weighted by molar-refractivity contribution is 5.53. The first-order chi connectivity index (χ1) is 9.17. The molecular formula is C13H16FN5. The third kappa shape index (κ3) is 3.87. The van der Waals surface area contributed by atoms with Gasteiger partial charge in [0.2, 0.25) is 5.95 Å². The third-order valence-electron chi connectivity index (χ3n) is 2.65. The maximum atomic E-state index is 13.1. The van der Waals surface area contributed by atoms with E-state index < -0.39 is 0 Å². The highest BCUT2D eigenvalue weighted by Crippen LogP contribution is 2.14. The lowest BCUT2D eigenvalue weighted by molar-refractivity contribution is 0.628. The van der Waals surface area contributed by atoms with Crippen molar-refractivity contribution in [2.45, 2.75) is 26.3 Å². The van der Waals surface area contributed by atoms with E-state index in [-0.39, 0.29) is 5.82 Å². The summed E-state index contributed by atoms with van der Waals surface area (Å²) in [5, 5.41) is 13.8. The number of hydrogen-bond acceptors (Lipinski definition) is 5. The molecule has 1 atom stereocenters. The van der Waals surface area contributed by atoms with Crippen LogP contribution in [-0.4, -0.2) is 21.2 Å². The van der Waals surface area contributed by atoms with Gasteiger partial charge in [0.05, 0.1) is 6.20 Å². The van der Waals surface area contributed by atoms with Gasteiger partial charge in [-0.05, 0) is 31.5 Å². The standard InChI is InChI=1S/C13H16FN5/c1-3-9(2)16-12-8-15-19-13(18-12)17-11-6-4-5-10(14)7-11/h4-9H,3H2,1-2H3,(H2,16,17,18,19). The fourth-order valence-corrected chi connectivity index (χ4v) is 1.48. The van der Waals surface area contributed by atoms with Gasteiger partial charge >= 0.3 is 0 Å². The topological polar surface area (TPSA) is 62.7 Å². The Kier molecular flexibility index (Phi) is 4.22. The fraction of sp³-hybridized carbons (Fsp3) is 0.308. The second kappa shape index (κ2) is 6.08. The maximum Gasteiger partial charge on any atom is 0.249 e. The van der Waals surface area contributed by atoms with Crippen molar-refractivity contribution in [3.8, 4) is 0 Å². The van der Waals surface area contributed by atoms with Crippen molar-refractivity contribution < 1.29 is 4.39 Å². The Balaban J connectivity index is 2.10. The van der Waals surface area contributed by atoms with E-state index in [1.807, 2.05) is 0 Å². The molecule has 1 aromatic heterocycles. The van der Waals surface area contributed by atoms with Gasteiger partial charge in [-0.25, -0.2) is 4.39 Å². The predicted octanol–water partition coefficient (Wildman–Crippen LogP) is 2.96. The molecule has 0 bridgehead atoms. The molecule has 5 nitrogen and oxygen atoms in total. The summed E-state index contributed by atoms with van der Waals surface area (Å²) >= 11 is 0. The summed E-state index contributed by atoms with van der Waals surface area (Å²) in [6.07, 6.45) is 2.54. The lowest BCUT2D eigenvalue weighted by Crippen LogP contribution is -2.15. The smallest absolute Gasteiger partial charge is 0.249 e. The SMILES string of the molecule is CCC(C)Nc1cnnc(Nc2cccc(F)c2)n1. The van der Waals surface area contributed by atoms with Crippen LogP contribution in [0.15, 0.2) is 30.5 Å². The van der Waals surface area contributed by atoms with Gasteiger partial charge in [-0.3, -0.25) is 0 Å². The lowest BCUT2D eigenvalue weighted by atomic mass is 10.3. The molecule has 0 aliphatic rings. The van der Waals surface area contributed by atoms with Gasteiger partial charge in [-0.15, -0.1) is 5.10 Å². The zero-order valence-electron chi connectivity index (χ0n) is 10.9. The van der Waals surface area contributed by atoms with E-state index in [0.29, 0.717) is 23.5 Å². The van der Waals surface area contributed by atoms with E-state index >= 15 is 0 Å². The van der Waals surface area contributed by atoms with E-state index in [1.54, 1.807) is 18.3 Å². The summed E-state index contributed by atoms with van der Waals surface area (Å²) in [5.74, 6) is 0.661. The second-order valence-electron chi connectivity index (χ2n) is 4.25. The number of aromatic nitrogens is 3. The zero-order chi connectivity index (χ0) is 13.7. The first kappa shape index (κ1) is 13.2. The number of anilines is 3. The number of halogens is 1. The van der Waals surface area contributed by atoms with Crippen LogP contribution >= 0.6 is 0 Å². The van der Waals surface area contributed by atoms with Gasteiger partial charge in [0.1, 0.15) is 5.82 Å². The molecule has 6 heteroatoms. The van der Waals surface area contributed by atoms with Crippen LogP contribution < -0.4 is 10.6 Å². The highest BCUT2D eigenvalue weighted by atomic mass is 19.1. The number of nitrogens with one attached hydrogen (secondary N) is 2. The first-order valence-corrected chi connectivity index (χ1v) is 6.16. The van der Waals surface area contributed by atoms with Gasteiger partial charge in [0.15, 0.2) is 5.82 Å². The second-order valence-corrected chi connectivity index (χ2v) is 4.25. The number of nitrogens with zero attached hydrogens (tertiary/aromatic N) is 3. The lowest BCUT2D eigenvalue weighted by Gasteiger charge is -2.12. The van der Waals surface area contributed by atoms with Crippen LogP contribution in [0.3, 0.4) is 0 Å². The fourth-order valence-electron chi connectivity index (χ4n) is 1.48. The molecule has 0 radical (unpaired) electrons. The molecule has 0 amide bonds. The third-order valence-corrected chi connectivity index (χ3v) is 2.65. The van der Waals surface area contributed by atoms with Crippen LogP contribution in [-0.2, 0) is 0 Å². The normalized spacial score (nSPS) is 11.9. The van der Waals surface area contributed by atoms with Crippen LogP contribution in [0.2, 0.25) is 0 Å². The number of rotatable bonds is 5. The van der Waals surface area contributed by atoms with Crippen molar-refractivity contribution in [3.63, 3.8) is 0 Å². The van der Waals surface area contributed by atoms with E-state index in [4.69, 9.17) is 0 Å². The summed E-state index contributed by atoms with van der Waals surface area (Å²) in [6, 6.07) is 6.41. The van der Waals surface area contributed by atoms with Crippen molar-refractivity contribution in [2.75, 3.05) is 10.6 Å². The quantitative estimate of drug-likeness (QED) is 0.866. The van der Waals surface area contributed by atoms with Crippen molar-refractivity contribution in [2.24, 2.45) is 0 Å². The van der Waals surface area contributed by atoms with E-state index in [1.165, 1.54) is 12.1 Å². The average molecular weight is 261 g/mol. The van der Waals surface area contributed by atoms with Crippen molar-refractivity contribution in [3.05, 3.63) is 36.3 Å². The Morgan fingerprint density at radius 1 is 1.37 bits per heavy atom. The van der Waals surface area contributed by atoms with E-state index in [9.17, 15) is 4.39 Å². The molecule has 100 valence electrons. The number of benzene rings is 1. The molecule has 1 unspecified atom stereocenters. The molecule has 0 saturated carbocycles. The maximum absolute atomic E-state index is 13.1. The van der Waals surface area contributed by atoms with Crippen molar-refractivity contribution in [1.82, 2.24) is 15.2 Å². The molecule has 19 heavy (non-hydrogen) atoms. The Bertz CT molecular complexity index is 546. The predicted molar refractivity (Wildman–Crippen MR) is 72.9 cm³/mol. The summed E-state index contributed by atoms with van der Waals surface area (Å²) < 4.78 is 13.1. The largest absolute Gasteiger partial charge is 0.366 e. The summed E-state index contributed by atoms with van der Waals surface area (Å²) in [4.78, 5) is 4.27. The number of hydrogen-bond donors (Lipinski definition) is 2. The van der Waals surface area contributed by atoms with Gasteiger partial charge in [0.25, 0.3) is 0 Å². The van der Waals surface area contributed by atoms with Gasteiger partial charge in [-0.1, -0.05) is 13.0 Å². The highest BCUT2D eigenvalue weighted by Gasteiger charge is 2.04. The molecule has 0 aliphatic heterocycles. The summed E-state index contributed by atoms with van der Waals surface area (Å²) in [5.41, 5.74) is 0.586. The Morgan fingerprint density at radius 3 is 2.95 bits per heavy atom. The molecule has 0 spiro atoms. The van der Waals surface area contributed by atoms with Gasteiger partial charge < -0.3 is 10.6 Å². The minimum atomic E-state index is -0.313. The minimum absolute atomic E-state index is 0.304. The molecule has 1 heterocycles. The summed E-state index contributed by atoms with van der Waals surface area (Å²) in [6.45, 7) is 4.14. The Morgan fingerprint density at radius 2 is 2.21 bits per heavy atom. The summed E-state index contributed by atoms with van der Waals surface area (Å²) in [7, 11) is 0. The van der Waals surface area contributed by atoms with Crippen LogP contribution in [0.25, 0.3) is 0 Å². The van der Waals surface area contributed by atoms with Crippen molar-refractivity contribution in [1.29, 1.82) is 0 Å². The van der Waals surface area contributed by atoms with E-state index in [0.717, 1.165) is 6.42 Å². The van der Waals surface area contributed by atoms with Crippen molar-refractivity contribution >= 4 is 17.5 Å². The molecule has 2 aromatic rings. The first-order valence-electron chi connectivity index (χ1n) is 6.16. The average Bonchev–Trinajstić information content (AvgIpc) is 2.39. The Hall–Kier alpha value is -2.24. The molecule has 2 N–H and O–H groups in total. The minimum Gasteiger partial charge on any atom is -0.366 e. The van der Waals surface area contributed by atoms with Crippen LogP contribution in [0.5, 0.6) is 0 Å². The van der Waals surface area contributed by atoms with Crippen LogP contribution in [0, 0.1) is 5.82 Å². The molecule has 0 fully saturated rings. The van der Waals surface area contributed by atoms with Crippen LogP contribution in [0.4, 0.5) is 21.8 Å². The zero-order valence-corrected chi connectivity index (χ0v) is 10.9. The molecule has 0 aliphatic carbocycles. The van der Waals surface area contributed by atoms with Gasteiger partial charge in [0, 0.05) is 11.7 Å². The molecule has 1 aromatic carbocycles. The molecule has 2 rings (SSSR count). The Labute approximate surface area is 111 Å².